The van der Waals surface area contributed by atoms with Gasteiger partial charge in [-0.15, -0.1) is 0 Å². The Hall–Kier alpha value is -2.82. The molecule has 4 atom stereocenters. The number of allylic oxidation sites excluding steroid dienone is 2. The van der Waals surface area contributed by atoms with E-state index in [1.165, 1.54) is 27.4 Å². The third kappa shape index (κ3) is 3.99. The first kappa shape index (κ1) is 22.9. The molecule has 4 aliphatic rings. The first-order valence-electron chi connectivity index (χ1n) is 11.5. The Balaban J connectivity index is 1.14. The molecule has 1 saturated carbocycles. The Kier molecular flexibility index (Phi) is 5.91. The predicted molar refractivity (Wildman–Crippen MR) is 123 cm³/mol. The van der Waals surface area contributed by atoms with Crippen molar-refractivity contribution in [2.24, 2.45) is 23.7 Å². The number of rotatable bonds is 7. The Morgan fingerprint density at radius 2 is 1.53 bits per heavy atom. The van der Waals surface area contributed by atoms with Crippen molar-refractivity contribution >= 4 is 33.9 Å². The molecule has 0 aromatic heterocycles. The van der Waals surface area contributed by atoms with Gasteiger partial charge in [-0.1, -0.05) is 24.3 Å². The first-order valence-corrected chi connectivity index (χ1v) is 13.0. The topological polar surface area (TPSA) is 115 Å². The lowest BCUT2D eigenvalue weighted by atomic mass is 9.85. The van der Waals surface area contributed by atoms with Gasteiger partial charge >= 0.3 is 5.97 Å². The van der Waals surface area contributed by atoms with E-state index >= 15 is 0 Å². The van der Waals surface area contributed by atoms with Crippen LogP contribution < -0.4 is 0 Å². The van der Waals surface area contributed by atoms with Crippen LogP contribution in [-0.4, -0.2) is 84.7 Å². The second-order valence-electron chi connectivity index (χ2n) is 9.31. The summed E-state index contributed by atoms with van der Waals surface area (Å²) in [6.07, 6.45) is 7.49. The number of carboxylic acid groups (broad SMARTS) is 1. The summed E-state index contributed by atoms with van der Waals surface area (Å²) in [6.45, 7) is 2.58. The molecule has 0 unspecified atom stereocenters. The van der Waals surface area contributed by atoms with Gasteiger partial charge in [0.25, 0.3) is 0 Å². The summed E-state index contributed by atoms with van der Waals surface area (Å²) < 4.78 is 27.4. The normalized spacial score (nSPS) is 29.5. The van der Waals surface area contributed by atoms with Crippen molar-refractivity contribution in [2.45, 2.75) is 11.3 Å². The molecule has 2 bridgehead atoms. The molecule has 2 heterocycles. The van der Waals surface area contributed by atoms with Crippen molar-refractivity contribution in [3.63, 3.8) is 0 Å². The Bertz CT molecular complexity index is 1140. The lowest BCUT2D eigenvalue weighted by Gasteiger charge is -2.34. The molecule has 0 spiro atoms. The molecule has 9 nitrogen and oxygen atoms in total. The van der Waals surface area contributed by atoms with Gasteiger partial charge in [0.1, 0.15) is 0 Å². The van der Waals surface area contributed by atoms with Gasteiger partial charge in [-0.2, -0.15) is 4.31 Å². The average Bonchev–Trinajstić information content (AvgIpc) is 3.51. The highest BCUT2D eigenvalue weighted by molar-refractivity contribution is 7.89. The average molecular weight is 486 g/mol. The van der Waals surface area contributed by atoms with Crippen molar-refractivity contribution < 1.29 is 27.9 Å². The lowest BCUT2D eigenvalue weighted by Crippen LogP contribution is -2.50. The van der Waals surface area contributed by atoms with E-state index in [0.717, 1.165) is 12.5 Å². The minimum Gasteiger partial charge on any atom is -0.478 e. The largest absolute Gasteiger partial charge is 0.478 e. The van der Waals surface area contributed by atoms with Crippen LogP contribution in [0.1, 0.15) is 12.0 Å². The fourth-order valence-corrected chi connectivity index (χ4v) is 7.11. The quantitative estimate of drug-likeness (QED) is 0.347. The van der Waals surface area contributed by atoms with Crippen LogP contribution in [0.15, 0.2) is 47.4 Å². The third-order valence-electron chi connectivity index (χ3n) is 7.47. The van der Waals surface area contributed by atoms with Crippen LogP contribution in [0.2, 0.25) is 0 Å². The molecule has 10 heteroatoms. The van der Waals surface area contributed by atoms with Crippen LogP contribution in [0.5, 0.6) is 0 Å². The predicted octanol–water partition coefficient (Wildman–Crippen LogP) is 0.898. The van der Waals surface area contributed by atoms with Crippen molar-refractivity contribution in [2.75, 3.05) is 39.3 Å². The van der Waals surface area contributed by atoms with Crippen molar-refractivity contribution in [1.82, 2.24) is 14.1 Å². The van der Waals surface area contributed by atoms with E-state index in [-0.39, 0.29) is 40.4 Å². The zero-order valence-electron chi connectivity index (χ0n) is 18.6. The minimum atomic E-state index is -3.66. The second-order valence-corrected chi connectivity index (χ2v) is 11.3. The summed E-state index contributed by atoms with van der Waals surface area (Å²) in [5, 5.41) is 8.70. The number of hydrogen-bond acceptors (Lipinski definition) is 6. The van der Waals surface area contributed by atoms with Gasteiger partial charge in [-0.3, -0.25) is 19.4 Å². The number of amides is 2. The summed E-state index contributed by atoms with van der Waals surface area (Å²) in [5.41, 5.74) is 0.602. The summed E-state index contributed by atoms with van der Waals surface area (Å²) >= 11 is 0. The van der Waals surface area contributed by atoms with E-state index in [1.807, 2.05) is 0 Å². The standard InChI is InChI=1S/C24H27N3O6S/c28-20(29)8-3-16-1-6-19(7-2-16)34(32,33)26-12-9-25(10-13-26)11-14-27-23(30)21-17-4-5-18(15-17)22(21)24(27)31/h1-8,17-18,21-22H,9-15H2,(H,28,29)/b8-3+/t17-,18+,21-,22-/m1/s1. The molecule has 1 aromatic carbocycles. The highest BCUT2D eigenvalue weighted by Crippen LogP contribution is 2.52. The maximum absolute atomic E-state index is 13.0. The van der Waals surface area contributed by atoms with Crippen molar-refractivity contribution in [3.8, 4) is 0 Å². The van der Waals surface area contributed by atoms with Crippen LogP contribution in [0.25, 0.3) is 6.08 Å². The molecule has 2 aliphatic heterocycles. The number of carboxylic acids is 1. The van der Waals surface area contributed by atoms with Crippen molar-refractivity contribution in [3.05, 3.63) is 48.1 Å². The number of hydrogen-bond donors (Lipinski definition) is 1. The van der Waals surface area contributed by atoms with Gasteiger partial charge in [-0.25, -0.2) is 13.2 Å². The number of nitrogens with zero attached hydrogens (tertiary/aromatic N) is 3. The maximum Gasteiger partial charge on any atom is 0.328 e. The summed E-state index contributed by atoms with van der Waals surface area (Å²) in [6, 6.07) is 6.10. The molecule has 34 heavy (non-hydrogen) atoms. The molecule has 2 aliphatic carbocycles. The van der Waals surface area contributed by atoms with E-state index in [4.69, 9.17) is 5.11 Å². The Morgan fingerprint density at radius 3 is 2.09 bits per heavy atom. The molecule has 1 N–H and O–H groups in total. The highest BCUT2D eigenvalue weighted by Gasteiger charge is 2.59. The number of piperazine rings is 1. The van der Waals surface area contributed by atoms with Crippen LogP contribution in [0.4, 0.5) is 0 Å². The van der Waals surface area contributed by atoms with Crippen molar-refractivity contribution in [1.29, 1.82) is 0 Å². The van der Waals surface area contributed by atoms with Gasteiger partial charge in [0.05, 0.1) is 16.7 Å². The smallest absolute Gasteiger partial charge is 0.328 e. The van der Waals surface area contributed by atoms with E-state index in [1.54, 1.807) is 12.1 Å². The number of carbonyl (C=O) groups excluding carboxylic acids is 2. The van der Waals surface area contributed by atoms with E-state index in [0.29, 0.717) is 44.8 Å². The second kappa shape index (κ2) is 8.75. The first-order chi connectivity index (χ1) is 16.3. The third-order valence-corrected chi connectivity index (χ3v) is 9.38. The maximum atomic E-state index is 13.0. The summed E-state index contributed by atoms with van der Waals surface area (Å²) in [4.78, 5) is 40.0. The number of benzene rings is 1. The van der Waals surface area contributed by atoms with Crippen LogP contribution in [0, 0.1) is 23.7 Å². The Morgan fingerprint density at radius 1 is 0.941 bits per heavy atom. The minimum absolute atomic E-state index is 0.0466. The van der Waals surface area contributed by atoms with Crippen LogP contribution in [-0.2, 0) is 24.4 Å². The Labute approximate surface area is 198 Å². The molecule has 2 saturated heterocycles. The molecule has 2 amide bonds. The lowest BCUT2D eigenvalue weighted by molar-refractivity contribution is -0.141. The van der Waals surface area contributed by atoms with Crippen LogP contribution >= 0.6 is 0 Å². The fourth-order valence-electron chi connectivity index (χ4n) is 5.69. The molecular weight excluding hydrogens is 458 g/mol. The van der Waals surface area contributed by atoms with E-state index in [9.17, 15) is 22.8 Å². The van der Waals surface area contributed by atoms with Gasteiger partial charge in [0, 0.05) is 45.3 Å². The number of aliphatic carboxylic acids is 1. The molecular formula is C24H27N3O6S. The van der Waals surface area contributed by atoms with E-state index in [2.05, 4.69) is 17.1 Å². The molecule has 1 aromatic rings. The zero-order chi connectivity index (χ0) is 24.0. The molecule has 180 valence electrons. The number of imide groups is 1. The number of carbonyl (C=O) groups is 3. The van der Waals surface area contributed by atoms with Gasteiger partial charge in [0.2, 0.25) is 21.8 Å². The molecule has 3 fully saturated rings. The highest BCUT2D eigenvalue weighted by atomic mass is 32.2. The number of fused-ring (bicyclic) bond motifs is 5. The molecule has 5 rings (SSSR count). The van der Waals surface area contributed by atoms with Gasteiger partial charge < -0.3 is 5.11 Å². The monoisotopic (exact) mass is 485 g/mol. The van der Waals surface area contributed by atoms with Gasteiger partial charge in [0.15, 0.2) is 0 Å². The summed E-state index contributed by atoms with van der Waals surface area (Å²) in [7, 11) is -3.66. The SMILES string of the molecule is O=C(O)/C=C/c1ccc(S(=O)(=O)N2CCN(CCN3C(=O)[C@H]4[C@H](C3=O)[C@H]3C=C[C@@H]4C3)CC2)cc1. The van der Waals surface area contributed by atoms with E-state index < -0.39 is 16.0 Å². The summed E-state index contributed by atoms with van der Waals surface area (Å²) in [5.74, 6) is -1.13. The van der Waals surface area contributed by atoms with Gasteiger partial charge in [-0.05, 0) is 42.0 Å². The van der Waals surface area contributed by atoms with Crippen LogP contribution in [0.3, 0.4) is 0 Å². The number of sulfonamides is 1. The molecule has 0 radical (unpaired) electrons. The zero-order valence-corrected chi connectivity index (χ0v) is 19.4. The number of likely N-dealkylation sites (tertiary alicyclic amines) is 1. The fraction of sp³-hybridized carbons (Fsp3) is 0.458.